The van der Waals surface area contributed by atoms with Crippen LogP contribution in [-0.4, -0.2) is 43.0 Å². The molecule has 0 spiro atoms. The van der Waals surface area contributed by atoms with Gasteiger partial charge in [-0.05, 0) is 81.5 Å². The molecule has 0 radical (unpaired) electrons. The number of fused-ring (bicyclic) bond motifs is 7. The molecule has 7 nitrogen and oxygen atoms in total. The lowest BCUT2D eigenvalue weighted by Crippen LogP contribution is -2.56. The molecule has 5 rings (SSSR count). The first-order valence-electron chi connectivity index (χ1n) is 13.6. The third-order valence-corrected chi connectivity index (χ3v) is 11.1. The largest absolute Gasteiger partial charge is 0.465 e. The number of hydrogen-bond acceptors (Lipinski definition) is 7. The summed E-state index contributed by atoms with van der Waals surface area (Å²) in [5.74, 6) is -0.980. The lowest BCUT2D eigenvalue weighted by atomic mass is 9.44. The van der Waals surface area contributed by atoms with Gasteiger partial charge in [0.2, 0.25) is 0 Å². The molecule has 7 heteroatoms. The number of ketones is 1. The molecule has 0 bridgehead atoms. The van der Waals surface area contributed by atoms with E-state index in [1.807, 2.05) is 0 Å². The Morgan fingerprint density at radius 2 is 1.57 bits per heavy atom. The first kappa shape index (κ1) is 24.8. The zero-order valence-corrected chi connectivity index (χ0v) is 21.8. The van der Waals surface area contributed by atoms with Gasteiger partial charge in [0.15, 0.2) is 5.41 Å². The van der Waals surface area contributed by atoms with Crippen LogP contribution in [0, 0.1) is 51.8 Å². The van der Waals surface area contributed by atoms with Crippen molar-refractivity contribution in [2.45, 2.75) is 85.7 Å². The number of Topliss-reactive ketones (excluding diaryl/α,β-unsaturated/α-hetero) is 1. The number of carbonyl (C=O) groups excluding carboxylic acids is 4. The molecule has 0 heterocycles. The Morgan fingerprint density at radius 3 is 2.17 bits per heavy atom. The maximum Gasteiger partial charge on any atom is 0.324 e. The van der Waals surface area contributed by atoms with Gasteiger partial charge >= 0.3 is 17.9 Å². The summed E-state index contributed by atoms with van der Waals surface area (Å²) in [5, 5.41) is 0. The minimum Gasteiger partial charge on any atom is -0.465 e. The van der Waals surface area contributed by atoms with Gasteiger partial charge in [0.25, 0.3) is 0 Å². The van der Waals surface area contributed by atoms with Crippen molar-refractivity contribution in [2.24, 2.45) is 51.8 Å². The first-order valence-corrected chi connectivity index (χ1v) is 13.6. The Morgan fingerprint density at radius 1 is 0.914 bits per heavy atom. The van der Waals surface area contributed by atoms with Crippen molar-refractivity contribution in [1.29, 1.82) is 0 Å². The summed E-state index contributed by atoms with van der Waals surface area (Å²) < 4.78 is 16.6. The van der Waals surface area contributed by atoms with Gasteiger partial charge in [-0.2, -0.15) is 0 Å². The van der Waals surface area contributed by atoms with E-state index < -0.39 is 23.3 Å². The van der Waals surface area contributed by atoms with Gasteiger partial charge in [0.1, 0.15) is 11.9 Å². The Labute approximate surface area is 208 Å². The molecule has 9 atom stereocenters. The molecule has 0 amide bonds. The molecule has 0 aromatic heterocycles. The Balaban J connectivity index is 1.52. The van der Waals surface area contributed by atoms with Crippen LogP contribution >= 0.6 is 0 Å². The minimum atomic E-state index is -1.49. The molecule has 0 aromatic carbocycles. The molecule has 0 N–H and O–H groups in total. The molecule has 0 aromatic rings. The monoisotopic (exact) mass is 488 g/mol. The molecule has 35 heavy (non-hydrogen) atoms. The van der Waals surface area contributed by atoms with Crippen LogP contribution < -0.4 is 0 Å². The summed E-state index contributed by atoms with van der Waals surface area (Å²) in [6, 6.07) is 0. The topological polar surface area (TPSA) is 96.0 Å². The highest BCUT2D eigenvalue weighted by molar-refractivity contribution is 6.11. The summed E-state index contributed by atoms with van der Waals surface area (Å²) in [6.45, 7) is 9.82. The first-order chi connectivity index (χ1) is 16.6. The summed E-state index contributed by atoms with van der Waals surface area (Å²) in [6.07, 6.45) is 6.20. The molecule has 0 aliphatic heterocycles. The Hall–Kier alpha value is -1.92. The van der Waals surface area contributed by atoms with Crippen LogP contribution in [0.4, 0.5) is 0 Å². The van der Waals surface area contributed by atoms with Crippen molar-refractivity contribution in [3.63, 3.8) is 0 Å². The fraction of sp³-hybridized carbons (Fsp3) is 0.857. The summed E-state index contributed by atoms with van der Waals surface area (Å²) >= 11 is 0. The van der Waals surface area contributed by atoms with Gasteiger partial charge in [-0.1, -0.05) is 13.8 Å². The predicted octanol–water partition coefficient (Wildman–Crippen LogP) is 4.11. The van der Waals surface area contributed by atoms with E-state index in [1.54, 1.807) is 13.8 Å². The van der Waals surface area contributed by atoms with Crippen molar-refractivity contribution in [2.75, 3.05) is 13.2 Å². The molecule has 9 unspecified atom stereocenters. The molecular formula is C28H40O7. The van der Waals surface area contributed by atoms with E-state index >= 15 is 0 Å². The smallest absolute Gasteiger partial charge is 0.324 e. The lowest BCUT2D eigenvalue weighted by Gasteiger charge is -2.60. The second-order valence-corrected chi connectivity index (χ2v) is 12.2. The van der Waals surface area contributed by atoms with E-state index in [0.717, 1.165) is 38.5 Å². The number of rotatable bonds is 5. The van der Waals surface area contributed by atoms with Crippen molar-refractivity contribution >= 4 is 23.7 Å². The van der Waals surface area contributed by atoms with Gasteiger partial charge < -0.3 is 14.2 Å². The van der Waals surface area contributed by atoms with Crippen LogP contribution in [0.2, 0.25) is 0 Å². The van der Waals surface area contributed by atoms with Gasteiger partial charge in [0.05, 0.1) is 13.2 Å². The molecule has 0 saturated heterocycles. The highest BCUT2D eigenvalue weighted by Gasteiger charge is 2.86. The van der Waals surface area contributed by atoms with E-state index in [9.17, 15) is 19.2 Å². The molecule has 5 saturated carbocycles. The third-order valence-electron chi connectivity index (χ3n) is 11.1. The average Bonchev–Trinajstić information content (AvgIpc) is 3.43. The maximum absolute atomic E-state index is 13.4. The van der Waals surface area contributed by atoms with Crippen molar-refractivity contribution in [1.82, 2.24) is 0 Å². The fourth-order valence-electron chi connectivity index (χ4n) is 9.76. The maximum atomic E-state index is 13.4. The number of esters is 3. The zero-order chi connectivity index (χ0) is 25.3. The Kier molecular flexibility index (Phi) is 5.88. The quantitative estimate of drug-likeness (QED) is 0.326. The second kappa shape index (κ2) is 8.31. The third kappa shape index (κ3) is 3.14. The average molecular weight is 489 g/mol. The Bertz CT molecular complexity index is 924. The zero-order valence-electron chi connectivity index (χ0n) is 21.8. The van der Waals surface area contributed by atoms with E-state index in [2.05, 4.69) is 13.8 Å². The molecular weight excluding hydrogens is 448 g/mol. The van der Waals surface area contributed by atoms with Crippen LogP contribution in [0.3, 0.4) is 0 Å². The fourth-order valence-corrected chi connectivity index (χ4v) is 9.76. The van der Waals surface area contributed by atoms with Gasteiger partial charge in [0, 0.05) is 30.6 Å². The summed E-state index contributed by atoms with van der Waals surface area (Å²) in [5.41, 5.74) is -1.84. The molecule has 5 aliphatic rings. The number of ether oxygens (including phenoxy) is 3. The predicted molar refractivity (Wildman–Crippen MR) is 126 cm³/mol. The van der Waals surface area contributed by atoms with Crippen LogP contribution in [0.5, 0.6) is 0 Å². The second-order valence-electron chi connectivity index (χ2n) is 12.2. The van der Waals surface area contributed by atoms with E-state index in [4.69, 9.17) is 14.2 Å². The van der Waals surface area contributed by atoms with Gasteiger partial charge in [-0.15, -0.1) is 0 Å². The van der Waals surface area contributed by atoms with E-state index in [1.165, 1.54) is 6.92 Å². The van der Waals surface area contributed by atoms with Crippen LogP contribution in [0.15, 0.2) is 0 Å². The molecule has 5 fully saturated rings. The van der Waals surface area contributed by atoms with Crippen LogP contribution in [0.25, 0.3) is 0 Å². The van der Waals surface area contributed by atoms with E-state index in [0.29, 0.717) is 24.2 Å². The normalized spacial score (nSPS) is 44.7. The minimum absolute atomic E-state index is 0.0217. The molecule has 5 aliphatic carbocycles. The number of carbonyl (C=O) groups is 4. The van der Waals surface area contributed by atoms with Crippen molar-refractivity contribution in [3.05, 3.63) is 0 Å². The SMILES string of the molecule is CCOC(=O)C1(C(=O)OCC)C2C(=O)CC3CCC4C5CCC(OC(C)=O)C5(C)CCC4C3(C)C21. The van der Waals surface area contributed by atoms with Crippen molar-refractivity contribution in [3.8, 4) is 0 Å². The van der Waals surface area contributed by atoms with Gasteiger partial charge in [-0.3, -0.25) is 19.2 Å². The lowest BCUT2D eigenvalue weighted by molar-refractivity contribution is -0.170. The molecule has 194 valence electrons. The van der Waals surface area contributed by atoms with Gasteiger partial charge in [-0.25, -0.2) is 0 Å². The van der Waals surface area contributed by atoms with E-state index in [-0.39, 0.29) is 53.7 Å². The summed E-state index contributed by atoms with van der Waals surface area (Å²) in [4.78, 5) is 51.9. The standard InChI is InChI=1S/C28H40O7/c1-6-33-24(31)28(25(32)34-7-2)22-20(30)14-16-8-9-17-18-10-11-21(35-15(3)29)26(18,4)13-12-19(17)27(16,5)23(22)28/h16-19,21-23H,6-14H2,1-5H3. The number of hydrogen-bond donors (Lipinski definition) is 0. The highest BCUT2D eigenvalue weighted by Crippen LogP contribution is 2.78. The van der Waals surface area contributed by atoms with Crippen LogP contribution in [-0.2, 0) is 33.4 Å². The van der Waals surface area contributed by atoms with Crippen LogP contribution in [0.1, 0.15) is 79.6 Å². The summed E-state index contributed by atoms with van der Waals surface area (Å²) in [7, 11) is 0. The van der Waals surface area contributed by atoms with Crippen molar-refractivity contribution < 1.29 is 33.4 Å². The highest BCUT2D eigenvalue weighted by atomic mass is 16.6.